The van der Waals surface area contributed by atoms with Gasteiger partial charge < -0.3 is 11.1 Å². The smallest absolute Gasteiger partial charge is 0.252 e. The minimum atomic E-state index is -0.0975. The normalized spacial score (nSPS) is 11.3. The quantitative estimate of drug-likeness (QED) is 0.852. The standard InChI is InChI=1S/C17H18N2OS/c1-13(11-14-8-10-21-12-14)19-17(20)16-7-3-2-5-15(16)6-4-9-18/h2-3,5,7-8,10,12-13H,9,11,18H2,1H3,(H,19,20). The number of hydrogen-bond donors (Lipinski definition) is 2. The summed E-state index contributed by atoms with van der Waals surface area (Å²) in [6.07, 6.45) is 0.825. The van der Waals surface area contributed by atoms with E-state index in [4.69, 9.17) is 5.73 Å². The van der Waals surface area contributed by atoms with E-state index in [1.165, 1.54) is 5.56 Å². The predicted octanol–water partition coefficient (Wildman–Crippen LogP) is 2.42. The zero-order chi connectivity index (χ0) is 15.1. The second-order valence-corrected chi connectivity index (χ2v) is 5.54. The molecule has 3 nitrogen and oxygen atoms in total. The molecule has 1 heterocycles. The molecule has 0 aliphatic rings. The lowest BCUT2D eigenvalue weighted by Crippen LogP contribution is -2.34. The van der Waals surface area contributed by atoms with Crippen LogP contribution in [0, 0.1) is 11.8 Å². The average Bonchev–Trinajstić information content (AvgIpc) is 2.98. The third-order valence-electron chi connectivity index (χ3n) is 3.00. The highest BCUT2D eigenvalue weighted by Crippen LogP contribution is 2.11. The molecule has 0 saturated heterocycles. The molecule has 0 saturated carbocycles. The lowest BCUT2D eigenvalue weighted by atomic mass is 10.1. The van der Waals surface area contributed by atoms with Crippen molar-refractivity contribution in [3.8, 4) is 11.8 Å². The number of benzene rings is 1. The number of amides is 1. The molecule has 0 aliphatic heterocycles. The molecular formula is C17H18N2OS. The molecule has 108 valence electrons. The van der Waals surface area contributed by atoms with Crippen LogP contribution in [-0.2, 0) is 6.42 Å². The summed E-state index contributed by atoms with van der Waals surface area (Å²) < 4.78 is 0. The van der Waals surface area contributed by atoms with E-state index < -0.39 is 0 Å². The summed E-state index contributed by atoms with van der Waals surface area (Å²) in [6, 6.07) is 9.48. The Kier molecular flexibility index (Phi) is 5.56. The van der Waals surface area contributed by atoms with Crippen LogP contribution in [0.4, 0.5) is 0 Å². The molecule has 1 aromatic heterocycles. The van der Waals surface area contributed by atoms with Crippen molar-refractivity contribution < 1.29 is 4.79 Å². The van der Waals surface area contributed by atoms with Crippen molar-refractivity contribution in [2.75, 3.05) is 6.54 Å². The molecule has 0 aliphatic carbocycles. The zero-order valence-corrected chi connectivity index (χ0v) is 12.7. The van der Waals surface area contributed by atoms with Crippen molar-refractivity contribution in [3.05, 3.63) is 57.8 Å². The van der Waals surface area contributed by atoms with E-state index >= 15 is 0 Å². The van der Waals surface area contributed by atoms with Gasteiger partial charge in [0.05, 0.1) is 12.1 Å². The Morgan fingerprint density at radius 1 is 1.38 bits per heavy atom. The van der Waals surface area contributed by atoms with E-state index in [1.807, 2.05) is 30.5 Å². The van der Waals surface area contributed by atoms with Gasteiger partial charge in [-0.25, -0.2) is 0 Å². The summed E-state index contributed by atoms with van der Waals surface area (Å²) in [6.45, 7) is 2.29. The van der Waals surface area contributed by atoms with Crippen LogP contribution in [0.3, 0.4) is 0 Å². The van der Waals surface area contributed by atoms with Crippen LogP contribution in [0.2, 0.25) is 0 Å². The third kappa shape index (κ3) is 4.45. The lowest BCUT2D eigenvalue weighted by molar-refractivity contribution is 0.0940. The molecule has 2 aromatic rings. The molecule has 1 amide bonds. The van der Waals surface area contributed by atoms with Crippen LogP contribution < -0.4 is 11.1 Å². The Morgan fingerprint density at radius 2 is 2.19 bits per heavy atom. The maximum absolute atomic E-state index is 12.4. The first-order valence-corrected chi connectivity index (χ1v) is 7.75. The molecule has 0 radical (unpaired) electrons. The summed E-state index contributed by atoms with van der Waals surface area (Å²) >= 11 is 1.67. The number of rotatable bonds is 4. The van der Waals surface area contributed by atoms with Crippen LogP contribution in [-0.4, -0.2) is 18.5 Å². The molecular weight excluding hydrogens is 280 g/mol. The molecule has 0 spiro atoms. The van der Waals surface area contributed by atoms with Gasteiger partial charge in [-0.15, -0.1) is 0 Å². The lowest BCUT2D eigenvalue weighted by Gasteiger charge is -2.14. The van der Waals surface area contributed by atoms with Crippen molar-refractivity contribution in [2.24, 2.45) is 5.73 Å². The second-order valence-electron chi connectivity index (χ2n) is 4.76. The molecule has 1 aromatic carbocycles. The van der Waals surface area contributed by atoms with Crippen LogP contribution in [0.5, 0.6) is 0 Å². The Balaban J connectivity index is 2.06. The van der Waals surface area contributed by atoms with Gasteiger partial charge >= 0.3 is 0 Å². The number of thiophene rings is 1. The van der Waals surface area contributed by atoms with Gasteiger partial charge in [-0.1, -0.05) is 24.0 Å². The summed E-state index contributed by atoms with van der Waals surface area (Å²) in [7, 11) is 0. The van der Waals surface area contributed by atoms with Crippen LogP contribution in [0.15, 0.2) is 41.1 Å². The predicted molar refractivity (Wildman–Crippen MR) is 87.3 cm³/mol. The fourth-order valence-electron chi connectivity index (χ4n) is 2.05. The van der Waals surface area contributed by atoms with Crippen LogP contribution in [0.1, 0.15) is 28.4 Å². The second kappa shape index (κ2) is 7.63. The van der Waals surface area contributed by atoms with Gasteiger partial charge in [0.15, 0.2) is 0 Å². The average molecular weight is 298 g/mol. The highest BCUT2D eigenvalue weighted by atomic mass is 32.1. The van der Waals surface area contributed by atoms with Crippen molar-refractivity contribution in [2.45, 2.75) is 19.4 Å². The highest BCUT2D eigenvalue weighted by Gasteiger charge is 2.13. The number of nitrogens with one attached hydrogen (secondary N) is 1. The molecule has 21 heavy (non-hydrogen) atoms. The SMILES string of the molecule is CC(Cc1ccsc1)NC(=O)c1ccccc1C#CCN. The van der Waals surface area contributed by atoms with E-state index in [0.717, 1.165) is 6.42 Å². The fourth-order valence-corrected chi connectivity index (χ4v) is 2.73. The number of carbonyl (C=O) groups is 1. The Labute approximate surface area is 129 Å². The molecule has 3 N–H and O–H groups in total. The van der Waals surface area contributed by atoms with Gasteiger partial charge in [0.25, 0.3) is 5.91 Å². The van der Waals surface area contributed by atoms with Gasteiger partial charge in [0, 0.05) is 11.6 Å². The van der Waals surface area contributed by atoms with Gasteiger partial charge in [-0.3, -0.25) is 4.79 Å². The number of nitrogens with two attached hydrogens (primary N) is 1. The van der Waals surface area contributed by atoms with Crippen molar-refractivity contribution in [1.29, 1.82) is 0 Å². The summed E-state index contributed by atoms with van der Waals surface area (Å²) in [5, 5.41) is 7.16. The minimum absolute atomic E-state index is 0.0719. The van der Waals surface area contributed by atoms with E-state index in [1.54, 1.807) is 17.4 Å². The van der Waals surface area contributed by atoms with Crippen molar-refractivity contribution >= 4 is 17.2 Å². The molecule has 1 unspecified atom stereocenters. The third-order valence-corrected chi connectivity index (χ3v) is 3.73. The maximum atomic E-state index is 12.4. The summed E-state index contributed by atoms with van der Waals surface area (Å²) in [5.41, 5.74) is 7.93. The molecule has 4 heteroatoms. The Morgan fingerprint density at radius 3 is 2.90 bits per heavy atom. The maximum Gasteiger partial charge on any atom is 0.252 e. The highest BCUT2D eigenvalue weighted by molar-refractivity contribution is 7.07. The minimum Gasteiger partial charge on any atom is -0.349 e. The molecule has 0 bridgehead atoms. The largest absolute Gasteiger partial charge is 0.349 e. The summed E-state index contributed by atoms with van der Waals surface area (Å²) in [4.78, 5) is 12.4. The summed E-state index contributed by atoms with van der Waals surface area (Å²) in [5.74, 6) is 5.63. The molecule has 1 atom stereocenters. The van der Waals surface area contributed by atoms with E-state index in [0.29, 0.717) is 11.1 Å². The van der Waals surface area contributed by atoms with E-state index in [9.17, 15) is 4.79 Å². The van der Waals surface area contributed by atoms with Crippen LogP contribution >= 0.6 is 11.3 Å². The van der Waals surface area contributed by atoms with Crippen LogP contribution in [0.25, 0.3) is 0 Å². The Hall–Kier alpha value is -2.09. The zero-order valence-electron chi connectivity index (χ0n) is 11.9. The topological polar surface area (TPSA) is 55.1 Å². The van der Waals surface area contributed by atoms with E-state index in [-0.39, 0.29) is 18.5 Å². The van der Waals surface area contributed by atoms with Gasteiger partial charge in [-0.2, -0.15) is 11.3 Å². The first-order chi connectivity index (χ1) is 10.2. The molecule has 2 rings (SSSR count). The number of carbonyl (C=O) groups excluding carboxylic acids is 1. The number of hydrogen-bond acceptors (Lipinski definition) is 3. The first kappa shape index (κ1) is 15.3. The first-order valence-electron chi connectivity index (χ1n) is 6.80. The van der Waals surface area contributed by atoms with Gasteiger partial charge in [-0.05, 0) is 47.9 Å². The van der Waals surface area contributed by atoms with Crippen molar-refractivity contribution in [3.63, 3.8) is 0 Å². The van der Waals surface area contributed by atoms with E-state index in [2.05, 4.69) is 28.6 Å². The monoisotopic (exact) mass is 298 g/mol. The molecule has 0 fully saturated rings. The van der Waals surface area contributed by atoms with Crippen molar-refractivity contribution in [1.82, 2.24) is 5.32 Å². The fraction of sp³-hybridized carbons (Fsp3) is 0.235. The van der Waals surface area contributed by atoms with Gasteiger partial charge in [0.1, 0.15) is 0 Å². The van der Waals surface area contributed by atoms with Gasteiger partial charge in [0.2, 0.25) is 0 Å². The Bertz CT molecular complexity index is 653.